The first-order valence-electron chi connectivity index (χ1n) is 11.2. The number of aliphatic hydroxyl groups is 1. The van der Waals surface area contributed by atoms with Gasteiger partial charge in [-0.05, 0) is 43.5 Å². The van der Waals surface area contributed by atoms with Crippen molar-refractivity contribution in [2.75, 3.05) is 26.8 Å². The number of rotatable bonds is 5. The molecule has 1 N–H and O–H groups in total. The lowest BCUT2D eigenvalue weighted by atomic mass is 9.94. The third-order valence-electron chi connectivity index (χ3n) is 6.23. The van der Waals surface area contributed by atoms with E-state index < -0.39 is 17.7 Å². The SMILES string of the molecule is CCOC(=O)N1CCC(N2C(=O)C(=O)/C(=C(/O)c3ccccc3OC)C2c2cccnc2)CC1. The molecule has 1 aromatic heterocycles. The van der Waals surface area contributed by atoms with Gasteiger partial charge >= 0.3 is 6.09 Å². The number of carbonyl (C=O) groups excluding carboxylic acids is 3. The fraction of sp³-hybridized carbons (Fsp3) is 0.360. The van der Waals surface area contributed by atoms with E-state index >= 15 is 0 Å². The molecule has 2 fully saturated rings. The number of aliphatic hydroxyl groups excluding tert-OH is 1. The number of piperidine rings is 1. The van der Waals surface area contributed by atoms with Crippen molar-refractivity contribution in [3.05, 3.63) is 65.5 Å². The van der Waals surface area contributed by atoms with Gasteiger partial charge in [0.1, 0.15) is 11.5 Å². The van der Waals surface area contributed by atoms with E-state index in [4.69, 9.17) is 9.47 Å². The van der Waals surface area contributed by atoms with Crippen molar-refractivity contribution in [3.8, 4) is 5.75 Å². The summed E-state index contributed by atoms with van der Waals surface area (Å²) in [5, 5.41) is 11.3. The molecule has 0 radical (unpaired) electrons. The average molecular weight is 466 g/mol. The summed E-state index contributed by atoms with van der Waals surface area (Å²) >= 11 is 0. The average Bonchev–Trinajstić information content (AvgIpc) is 3.14. The van der Waals surface area contributed by atoms with E-state index in [2.05, 4.69) is 4.98 Å². The highest BCUT2D eigenvalue weighted by Gasteiger charge is 2.49. The van der Waals surface area contributed by atoms with Crippen molar-refractivity contribution < 1.29 is 29.0 Å². The molecule has 1 atom stereocenters. The van der Waals surface area contributed by atoms with Crippen LogP contribution >= 0.6 is 0 Å². The summed E-state index contributed by atoms with van der Waals surface area (Å²) in [7, 11) is 1.47. The number of ether oxygens (including phenoxy) is 2. The number of carbonyl (C=O) groups is 3. The Balaban J connectivity index is 1.74. The Bertz CT molecular complexity index is 1110. The van der Waals surface area contributed by atoms with Crippen LogP contribution < -0.4 is 4.74 Å². The van der Waals surface area contributed by atoms with Crippen molar-refractivity contribution in [2.45, 2.75) is 31.8 Å². The van der Waals surface area contributed by atoms with Gasteiger partial charge in [0.15, 0.2) is 0 Å². The molecule has 2 saturated heterocycles. The topological polar surface area (TPSA) is 109 Å². The van der Waals surface area contributed by atoms with Crippen LogP contribution in [0.15, 0.2) is 54.4 Å². The first-order chi connectivity index (χ1) is 16.5. The second kappa shape index (κ2) is 9.94. The number of Topliss-reactive ketones (excluding diaryl/α,β-unsaturated/α-hetero) is 1. The normalized spacial score (nSPS) is 20.5. The van der Waals surface area contributed by atoms with Crippen molar-refractivity contribution in [1.82, 2.24) is 14.8 Å². The maximum absolute atomic E-state index is 13.3. The van der Waals surface area contributed by atoms with Crippen LogP contribution in [0.5, 0.6) is 5.75 Å². The number of benzene rings is 1. The largest absolute Gasteiger partial charge is 0.507 e. The van der Waals surface area contributed by atoms with E-state index in [0.29, 0.717) is 42.8 Å². The van der Waals surface area contributed by atoms with Crippen LogP contribution in [0.25, 0.3) is 5.76 Å². The van der Waals surface area contributed by atoms with Gasteiger partial charge in [-0.1, -0.05) is 18.2 Å². The minimum Gasteiger partial charge on any atom is -0.507 e. The monoisotopic (exact) mass is 465 g/mol. The zero-order chi connectivity index (χ0) is 24.2. The molecule has 0 spiro atoms. The highest BCUT2D eigenvalue weighted by atomic mass is 16.6. The predicted molar refractivity (Wildman–Crippen MR) is 123 cm³/mol. The molecule has 0 saturated carbocycles. The van der Waals surface area contributed by atoms with Crippen LogP contribution in [-0.4, -0.2) is 70.5 Å². The summed E-state index contributed by atoms with van der Waals surface area (Å²) in [6.45, 7) is 2.84. The lowest BCUT2D eigenvalue weighted by Gasteiger charge is -2.38. The zero-order valence-corrected chi connectivity index (χ0v) is 19.1. The first-order valence-corrected chi connectivity index (χ1v) is 11.2. The number of aromatic nitrogens is 1. The second-order valence-corrected chi connectivity index (χ2v) is 8.11. The predicted octanol–water partition coefficient (Wildman–Crippen LogP) is 3.13. The highest BCUT2D eigenvalue weighted by molar-refractivity contribution is 6.46. The molecule has 2 aliphatic rings. The Morgan fingerprint density at radius 2 is 1.88 bits per heavy atom. The van der Waals surface area contributed by atoms with Gasteiger partial charge in [-0.15, -0.1) is 0 Å². The van der Waals surface area contributed by atoms with Gasteiger partial charge < -0.3 is 24.4 Å². The van der Waals surface area contributed by atoms with Crippen LogP contribution in [-0.2, 0) is 14.3 Å². The molecule has 0 aliphatic carbocycles. The minimum atomic E-state index is -0.808. The van der Waals surface area contributed by atoms with Crippen molar-refractivity contribution in [2.24, 2.45) is 0 Å². The molecule has 2 amide bonds. The van der Waals surface area contributed by atoms with Gasteiger partial charge in [0.25, 0.3) is 11.7 Å². The maximum Gasteiger partial charge on any atom is 0.409 e. The lowest BCUT2D eigenvalue weighted by Crippen LogP contribution is -2.48. The van der Waals surface area contributed by atoms with Crippen molar-refractivity contribution in [1.29, 1.82) is 0 Å². The van der Waals surface area contributed by atoms with E-state index in [1.165, 1.54) is 12.0 Å². The molecule has 1 aromatic carbocycles. The molecule has 9 heteroatoms. The molecule has 34 heavy (non-hydrogen) atoms. The van der Waals surface area contributed by atoms with E-state index in [0.717, 1.165) is 0 Å². The Morgan fingerprint density at radius 3 is 2.53 bits per heavy atom. The summed E-state index contributed by atoms with van der Waals surface area (Å²) < 4.78 is 10.4. The van der Waals surface area contributed by atoms with Crippen LogP contribution in [0.1, 0.15) is 36.9 Å². The fourth-order valence-corrected chi connectivity index (χ4v) is 4.62. The van der Waals surface area contributed by atoms with Crippen LogP contribution in [0.4, 0.5) is 4.79 Å². The quantitative estimate of drug-likeness (QED) is 0.410. The smallest absolute Gasteiger partial charge is 0.409 e. The van der Waals surface area contributed by atoms with Gasteiger partial charge in [0.05, 0.1) is 30.9 Å². The number of nitrogens with zero attached hydrogens (tertiary/aromatic N) is 3. The molecule has 2 aromatic rings. The molecule has 0 bridgehead atoms. The fourth-order valence-electron chi connectivity index (χ4n) is 4.62. The summed E-state index contributed by atoms with van der Waals surface area (Å²) in [5.41, 5.74) is 0.940. The molecule has 3 heterocycles. The first kappa shape index (κ1) is 23.3. The third-order valence-corrected chi connectivity index (χ3v) is 6.23. The molecule has 9 nitrogen and oxygen atoms in total. The summed E-state index contributed by atoms with van der Waals surface area (Å²) in [6.07, 6.45) is 3.78. The zero-order valence-electron chi connectivity index (χ0n) is 19.1. The standard InChI is InChI=1S/C25H27N3O6/c1-3-34-25(32)27-13-10-17(11-14-27)28-21(16-7-6-12-26-15-16)20(23(30)24(28)31)22(29)18-8-4-5-9-19(18)33-2/h4-9,12,15,17,21,29H,3,10-11,13-14H2,1-2H3/b22-20+. The number of hydrogen-bond acceptors (Lipinski definition) is 7. The Hall–Kier alpha value is -3.88. The molecule has 178 valence electrons. The van der Waals surface area contributed by atoms with Crippen LogP contribution in [0.3, 0.4) is 0 Å². The molecular weight excluding hydrogens is 438 g/mol. The second-order valence-electron chi connectivity index (χ2n) is 8.11. The summed E-state index contributed by atoms with van der Waals surface area (Å²) in [6, 6.07) is 9.19. The molecule has 1 unspecified atom stereocenters. The molecule has 2 aliphatic heterocycles. The lowest BCUT2D eigenvalue weighted by molar-refractivity contribution is -0.142. The number of ketones is 1. The van der Waals surface area contributed by atoms with E-state index in [1.54, 1.807) is 60.6 Å². The Labute approximate surface area is 197 Å². The van der Waals surface area contributed by atoms with Gasteiger partial charge in [-0.3, -0.25) is 14.6 Å². The number of pyridine rings is 1. The van der Waals surface area contributed by atoms with Gasteiger partial charge in [0.2, 0.25) is 0 Å². The maximum atomic E-state index is 13.3. The molecular formula is C25H27N3O6. The van der Waals surface area contributed by atoms with E-state index in [9.17, 15) is 19.5 Å². The highest BCUT2D eigenvalue weighted by Crippen LogP contribution is 2.43. The van der Waals surface area contributed by atoms with Crippen LogP contribution in [0.2, 0.25) is 0 Å². The summed E-state index contributed by atoms with van der Waals surface area (Å²) in [4.78, 5) is 45.9. The summed E-state index contributed by atoms with van der Waals surface area (Å²) in [5.74, 6) is -1.35. The van der Waals surface area contributed by atoms with Gasteiger partial charge in [-0.2, -0.15) is 0 Å². The van der Waals surface area contributed by atoms with Gasteiger partial charge in [-0.25, -0.2) is 4.79 Å². The Morgan fingerprint density at radius 1 is 1.15 bits per heavy atom. The van der Waals surface area contributed by atoms with Crippen molar-refractivity contribution in [3.63, 3.8) is 0 Å². The number of methoxy groups -OCH3 is 1. The van der Waals surface area contributed by atoms with Gasteiger partial charge in [0, 0.05) is 31.5 Å². The Kier molecular flexibility index (Phi) is 6.81. The number of amides is 2. The number of hydrogen-bond donors (Lipinski definition) is 1. The van der Waals surface area contributed by atoms with E-state index in [1.807, 2.05) is 0 Å². The van der Waals surface area contributed by atoms with Crippen LogP contribution in [0, 0.1) is 0 Å². The third kappa shape index (κ3) is 4.21. The number of likely N-dealkylation sites (tertiary alicyclic amines) is 2. The van der Waals surface area contributed by atoms with Crippen molar-refractivity contribution >= 4 is 23.5 Å². The minimum absolute atomic E-state index is 0.00433. The number of para-hydroxylation sites is 1. The van der Waals surface area contributed by atoms with E-state index in [-0.39, 0.29) is 30.1 Å². The molecule has 4 rings (SSSR count).